The summed E-state index contributed by atoms with van der Waals surface area (Å²) in [6.45, 7) is 2.27. The van der Waals surface area contributed by atoms with E-state index in [1.165, 1.54) is 0 Å². The normalized spacial score (nSPS) is 30.5. The molecule has 0 aromatic rings. The Labute approximate surface area is 114 Å². The van der Waals surface area contributed by atoms with E-state index < -0.39 is 9.84 Å². The van der Waals surface area contributed by atoms with Gasteiger partial charge in [0, 0.05) is 19.1 Å². The fourth-order valence-electron chi connectivity index (χ4n) is 2.65. The minimum atomic E-state index is -2.86. The van der Waals surface area contributed by atoms with Gasteiger partial charge in [0.1, 0.15) is 0 Å². The molecule has 2 heterocycles. The molecule has 0 aromatic heterocycles. The molecular formula is C12H23N3O3S. The van der Waals surface area contributed by atoms with Crippen molar-refractivity contribution in [2.45, 2.75) is 31.7 Å². The number of sulfone groups is 1. The fourth-order valence-corrected chi connectivity index (χ4v) is 4.51. The van der Waals surface area contributed by atoms with Crippen molar-refractivity contribution in [3.8, 4) is 0 Å². The van der Waals surface area contributed by atoms with Gasteiger partial charge in [-0.2, -0.15) is 0 Å². The highest BCUT2D eigenvalue weighted by atomic mass is 32.2. The third-order valence-corrected chi connectivity index (χ3v) is 5.60. The quantitative estimate of drug-likeness (QED) is 0.675. The van der Waals surface area contributed by atoms with Crippen LogP contribution in [0, 0.1) is 5.92 Å². The van der Waals surface area contributed by atoms with Crippen molar-refractivity contribution in [1.29, 1.82) is 0 Å². The zero-order chi connectivity index (χ0) is 13.7. The lowest BCUT2D eigenvalue weighted by Gasteiger charge is -2.17. The van der Waals surface area contributed by atoms with Crippen molar-refractivity contribution < 1.29 is 13.2 Å². The molecule has 2 fully saturated rings. The Balaban J connectivity index is 1.67. The van der Waals surface area contributed by atoms with Crippen molar-refractivity contribution in [1.82, 2.24) is 16.0 Å². The Morgan fingerprint density at radius 1 is 1.26 bits per heavy atom. The molecule has 2 atom stereocenters. The molecule has 2 rings (SSSR count). The van der Waals surface area contributed by atoms with Crippen molar-refractivity contribution in [3.63, 3.8) is 0 Å². The first-order valence-electron chi connectivity index (χ1n) is 7.01. The number of urea groups is 1. The SMILES string of the molecule is O=C(NCC1CCS(=O)(=O)C1)NC1CCCCNC1. The van der Waals surface area contributed by atoms with Crippen LogP contribution in [-0.2, 0) is 9.84 Å². The lowest BCUT2D eigenvalue weighted by Crippen LogP contribution is -2.46. The van der Waals surface area contributed by atoms with Crippen LogP contribution < -0.4 is 16.0 Å². The summed E-state index contributed by atoms with van der Waals surface area (Å²) in [5.41, 5.74) is 0. The van der Waals surface area contributed by atoms with Gasteiger partial charge in [0.05, 0.1) is 11.5 Å². The van der Waals surface area contributed by atoms with E-state index in [1.807, 2.05) is 0 Å². The Hall–Kier alpha value is -0.820. The third-order valence-electron chi connectivity index (χ3n) is 3.76. The highest BCUT2D eigenvalue weighted by molar-refractivity contribution is 7.91. The van der Waals surface area contributed by atoms with Gasteiger partial charge in [-0.15, -0.1) is 0 Å². The Kier molecular flexibility index (Phi) is 5.04. The Bertz CT molecular complexity index is 402. The summed E-state index contributed by atoms with van der Waals surface area (Å²) in [7, 11) is -2.86. The van der Waals surface area contributed by atoms with Crippen LogP contribution in [0.1, 0.15) is 25.7 Å². The van der Waals surface area contributed by atoms with Crippen molar-refractivity contribution in [2.75, 3.05) is 31.1 Å². The molecule has 19 heavy (non-hydrogen) atoms. The highest BCUT2D eigenvalue weighted by Crippen LogP contribution is 2.17. The number of rotatable bonds is 3. The van der Waals surface area contributed by atoms with E-state index in [1.54, 1.807) is 0 Å². The standard InChI is InChI=1S/C12H23N3O3S/c16-12(15-11-3-1-2-5-13-8-11)14-7-10-4-6-19(17,18)9-10/h10-11,13H,1-9H2,(H2,14,15,16). The van der Waals surface area contributed by atoms with E-state index >= 15 is 0 Å². The largest absolute Gasteiger partial charge is 0.338 e. The summed E-state index contributed by atoms with van der Waals surface area (Å²) in [5, 5.41) is 9.02. The molecule has 0 saturated carbocycles. The van der Waals surface area contributed by atoms with Gasteiger partial charge in [0.15, 0.2) is 9.84 Å². The van der Waals surface area contributed by atoms with Gasteiger partial charge < -0.3 is 16.0 Å². The first kappa shape index (κ1) is 14.6. The average Bonchev–Trinajstić information content (AvgIpc) is 2.55. The molecule has 3 N–H and O–H groups in total. The van der Waals surface area contributed by atoms with Crippen molar-refractivity contribution in [3.05, 3.63) is 0 Å². The first-order valence-corrected chi connectivity index (χ1v) is 8.83. The number of hydrogen-bond donors (Lipinski definition) is 3. The van der Waals surface area contributed by atoms with Crippen LogP contribution >= 0.6 is 0 Å². The molecule has 7 heteroatoms. The van der Waals surface area contributed by atoms with Gasteiger partial charge in [-0.25, -0.2) is 13.2 Å². The van der Waals surface area contributed by atoms with Crippen molar-refractivity contribution in [2.24, 2.45) is 5.92 Å². The third kappa shape index (κ3) is 4.99. The molecule has 2 aliphatic rings. The number of nitrogens with one attached hydrogen (secondary N) is 3. The second-order valence-electron chi connectivity index (χ2n) is 5.52. The monoisotopic (exact) mass is 289 g/mol. The minimum Gasteiger partial charge on any atom is -0.338 e. The topological polar surface area (TPSA) is 87.3 Å². The van der Waals surface area contributed by atoms with Crippen LogP contribution in [0.5, 0.6) is 0 Å². The molecule has 0 aliphatic carbocycles. The predicted octanol–water partition coefficient (Wildman–Crippen LogP) is -0.138. The van der Waals surface area contributed by atoms with Gasteiger partial charge in [-0.1, -0.05) is 6.42 Å². The molecule has 2 aliphatic heterocycles. The Morgan fingerprint density at radius 3 is 2.84 bits per heavy atom. The summed E-state index contributed by atoms with van der Waals surface area (Å²) in [6, 6.07) is -0.00666. The van der Waals surface area contributed by atoms with Crippen LogP contribution in [0.2, 0.25) is 0 Å². The van der Waals surface area contributed by atoms with E-state index in [2.05, 4.69) is 16.0 Å². The minimum absolute atomic E-state index is 0.0722. The van der Waals surface area contributed by atoms with Gasteiger partial charge in [0.2, 0.25) is 0 Å². The summed E-state index contributed by atoms with van der Waals surface area (Å²) >= 11 is 0. The lowest BCUT2D eigenvalue weighted by molar-refractivity contribution is 0.234. The number of carbonyl (C=O) groups excluding carboxylic acids is 1. The van der Waals surface area contributed by atoms with E-state index in [9.17, 15) is 13.2 Å². The van der Waals surface area contributed by atoms with Crippen molar-refractivity contribution >= 4 is 15.9 Å². The first-order chi connectivity index (χ1) is 9.05. The molecule has 2 amide bonds. The second kappa shape index (κ2) is 6.56. The van der Waals surface area contributed by atoms with Crippen LogP contribution in [-0.4, -0.2) is 51.6 Å². The lowest BCUT2D eigenvalue weighted by atomic mass is 10.1. The Morgan fingerprint density at radius 2 is 2.11 bits per heavy atom. The summed E-state index contributed by atoms with van der Waals surface area (Å²) in [6.07, 6.45) is 3.93. The molecule has 6 nitrogen and oxygen atoms in total. The summed E-state index contributed by atoms with van der Waals surface area (Å²) in [5.74, 6) is 0.536. The second-order valence-corrected chi connectivity index (χ2v) is 7.75. The van der Waals surface area contributed by atoms with Crippen LogP contribution in [0.4, 0.5) is 4.79 Å². The van der Waals surface area contributed by atoms with E-state index in [0.717, 1.165) is 32.4 Å². The highest BCUT2D eigenvalue weighted by Gasteiger charge is 2.28. The van der Waals surface area contributed by atoms with E-state index in [0.29, 0.717) is 13.0 Å². The molecule has 0 spiro atoms. The molecular weight excluding hydrogens is 266 g/mol. The van der Waals surface area contributed by atoms with E-state index in [-0.39, 0.29) is 29.5 Å². The smallest absolute Gasteiger partial charge is 0.315 e. The van der Waals surface area contributed by atoms with E-state index in [4.69, 9.17) is 0 Å². The number of hydrogen-bond acceptors (Lipinski definition) is 4. The van der Waals surface area contributed by atoms with Gasteiger partial charge in [0.25, 0.3) is 0 Å². The number of amides is 2. The van der Waals surface area contributed by atoms with Gasteiger partial charge in [-0.05, 0) is 31.7 Å². The van der Waals surface area contributed by atoms with Gasteiger partial charge >= 0.3 is 6.03 Å². The molecule has 0 aromatic carbocycles. The van der Waals surface area contributed by atoms with Crippen LogP contribution in [0.15, 0.2) is 0 Å². The average molecular weight is 289 g/mol. The van der Waals surface area contributed by atoms with Gasteiger partial charge in [-0.3, -0.25) is 0 Å². The number of carbonyl (C=O) groups is 1. The molecule has 0 bridgehead atoms. The summed E-state index contributed by atoms with van der Waals surface area (Å²) < 4.78 is 22.6. The van der Waals surface area contributed by atoms with Crippen LogP contribution in [0.25, 0.3) is 0 Å². The molecule has 0 radical (unpaired) electrons. The maximum absolute atomic E-state index is 11.7. The maximum atomic E-state index is 11.7. The van der Waals surface area contributed by atoms with Crippen LogP contribution in [0.3, 0.4) is 0 Å². The zero-order valence-electron chi connectivity index (χ0n) is 11.2. The maximum Gasteiger partial charge on any atom is 0.315 e. The fraction of sp³-hybridized carbons (Fsp3) is 0.917. The zero-order valence-corrected chi connectivity index (χ0v) is 12.0. The molecule has 2 saturated heterocycles. The summed E-state index contributed by atoms with van der Waals surface area (Å²) in [4.78, 5) is 11.7. The predicted molar refractivity (Wildman–Crippen MR) is 73.8 cm³/mol. The molecule has 2 unspecified atom stereocenters. The molecule has 110 valence electrons.